The zero-order valence-electron chi connectivity index (χ0n) is 13.6. The van der Waals surface area contributed by atoms with Gasteiger partial charge in [0.25, 0.3) is 0 Å². The summed E-state index contributed by atoms with van der Waals surface area (Å²) in [5.74, 6) is 0.603. The summed E-state index contributed by atoms with van der Waals surface area (Å²) >= 11 is 5.80. The molecule has 0 spiro atoms. The molecule has 0 aliphatic carbocycles. The Labute approximate surface area is 147 Å². The van der Waals surface area contributed by atoms with E-state index in [-0.39, 0.29) is 5.97 Å². The van der Waals surface area contributed by atoms with Crippen LogP contribution in [0.3, 0.4) is 0 Å². The number of nitrogens with one attached hydrogen (secondary N) is 1. The number of aromatic nitrogens is 1. The van der Waals surface area contributed by atoms with E-state index < -0.39 is 0 Å². The van der Waals surface area contributed by atoms with Crippen molar-refractivity contribution in [3.05, 3.63) is 58.9 Å². The summed E-state index contributed by atoms with van der Waals surface area (Å²) in [6.07, 6.45) is 1.98. The van der Waals surface area contributed by atoms with Crippen LogP contribution in [0.25, 0.3) is 0 Å². The maximum Gasteiger partial charge on any atom is 0.307 e. The molecule has 1 aromatic carbocycles. The van der Waals surface area contributed by atoms with Crippen molar-refractivity contribution in [2.75, 3.05) is 13.2 Å². The van der Waals surface area contributed by atoms with E-state index in [1.54, 1.807) is 19.2 Å². The predicted molar refractivity (Wildman–Crippen MR) is 93.0 cm³/mol. The Morgan fingerprint density at radius 3 is 2.67 bits per heavy atom. The number of carbonyl (C=O) groups is 1. The third-order valence-corrected chi connectivity index (χ3v) is 3.46. The topological polar surface area (TPSA) is 60.5 Å². The van der Waals surface area contributed by atoms with E-state index in [1.165, 1.54) is 0 Å². The molecule has 1 aromatic heterocycles. The second kappa shape index (κ2) is 9.90. The second-order valence-electron chi connectivity index (χ2n) is 5.13. The molecule has 0 radical (unpaired) electrons. The molecule has 0 saturated heterocycles. The zero-order chi connectivity index (χ0) is 17.2. The Morgan fingerprint density at radius 2 is 2.00 bits per heavy atom. The molecule has 6 heteroatoms. The lowest BCUT2D eigenvalue weighted by Gasteiger charge is -2.08. The molecule has 0 unspecified atom stereocenters. The van der Waals surface area contributed by atoms with Gasteiger partial charge in [0, 0.05) is 19.3 Å². The number of ether oxygens (including phenoxy) is 2. The minimum atomic E-state index is -0.176. The van der Waals surface area contributed by atoms with Gasteiger partial charge in [-0.1, -0.05) is 23.7 Å². The van der Waals surface area contributed by atoms with Crippen molar-refractivity contribution in [1.29, 1.82) is 0 Å². The van der Waals surface area contributed by atoms with Crippen molar-refractivity contribution >= 4 is 17.6 Å². The molecule has 5 nitrogen and oxygen atoms in total. The van der Waals surface area contributed by atoms with Gasteiger partial charge in [0.1, 0.15) is 12.4 Å². The number of rotatable bonds is 9. The van der Waals surface area contributed by atoms with E-state index in [2.05, 4.69) is 10.3 Å². The summed E-state index contributed by atoms with van der Waals surface area (Å²) in [5, 5.41) is 3.82. The molecule has 128 valence electrons. The number of hydrogen-bond acceptors (Lipinski definition) is 5. The lowest BCUT2D eigenvalue weighted by molar-refractivity contribution is -0.142. The number of carbonyl (C=O) groups excluding carboxylic acids is 1. The van der Waals surface area contributed by atoms with Crippen molar-refractivity contribution in [3.8, 4) is 5.75 Å². The normalized spacial score (nSPS) is 10.4. The maximum atomic E-state index is 11.2. The zero-order valence-corrected chi connectivity index (χ0v) is 14.4. The Balaban J connectivity index is 1.70. The number of halogens is 1. The van der Waals surface area contributed by atoms with Gasteiger partial charge in [-0.3, -0.25) is 9.78 Å². The highest BCUT2D eigenvalue weighted by Gasteiger charge is 2.01. The van der Waals surface area contributed by atoms with Crippen molar-refractivity contribution in [1.82, 2.24) is 10.3 Å². The highest BCUT2D eigenvalue weighted by Crippen LogP contribution is 2.14. The first-order chi connectivity index (χ1) is 11.7. The smallest absolute Gasteiger partial charge is 0.307 e. The molecule has 1 N–H and O–H groups in total. The molecule has 2 aromatic rings. The molecule has 0 saturated carbocycles. The van der Waals surface area contributed by atoms with Crippen LogP contribution in [0, 0.1) is 0 Å². The largest absolute Gasteiger partial charge is 0.487 e. The summed E-state index contributed by atoms with van der Waals surface area (Å²) in [4.78, 5) is 15.4. The lowest BCUT2D eigenvalue weighted by Crippen LogP contribution is -2.19. The fraction of sp³-hybridized carbons (Fsp3) is 0.333. The number of hydrogen-bond donors (Lipinski definition) is 1. The van der Waals surface area contributed by atoms with Crippen molar-refractivity contribution in [3.63, 3.8) is 0 Å². The van der Waals surface area contributed by atoms with Crippen LogP contribution in [0.2, 0.25) is 5.02 Å². The average molecular weight is 349 g/mol. The van der Waals surface area contributed by atoms with Crippen LogP contribution < -0.4 is 10.1 Å². The van der Waals surface area contributed by atoms with Gasteiger partial charge < -0.3 is 14.8 Å². The fourth-order valence-electron chi connectivity index (χ4n) is 2.01. The van der Waals surface area contributed by atoms with Crippen LogP contribution >= 0.6 is 11.6 Å². The minimum Gasteiger partial charge on any atom is -0.487 e. The number of benzene rings is 1. The second-order valence-corrected chi connectivity index (χ2v) is 5.57. The third kappa shape index (κ3) is 6.56. The third-order valence-electron chi connectivity index (χ3n) is 3.24. The lowest BCUT2D eigenvalue weighted by atomic mass is 10.2. The molecule has 0 aliphatic rings. The summed E-state index contributed by atoms with van der Waals surface area (Å²) in [6, 6.07) is 11.4. The van der Waals surface area contributed by atoms with Gasteiger partial charge in [-0.05, 0) is 36.8 Å². The van der Waals surface area contributed by atoms with Gasteiger partial charge in [0.2, 0.25) is 0 Å². The van der Waals surface area contributed by atoms with E-state index in [0.29, 0.717) is 37.7 Å². The molecule has 0 amide bonds. The minimum absolute atomic E-state index is 0.176. The number of esters is 1. The molecule has 0 aliphatic heterocycles. The van der Waals surface area contributed by atoms with Crippen LogP contribution in [-0.2, 0) is 22.7 Å². The Hall–Kier alpha value is -2.11. The Kier molecular flexibility index (Phi) is 7.52. The van der Waals surface area contributed by atoms with Gasteiger partial charge in [-0.15, -0.1) is 0 Å². The van der Waals surface area contributed by atoms with E-state index >= 15 is 0 Å². The maximum absolute atomic E-state index is 11.2. The fourth-order valence-corrected chi connectivity index (χ4v) is 2.12. The SMILES string of the molecule is CCOC(=O)CCNCc1ccc(OCc2ccc(Cl)cn2)cc1. The first-order valence-electron chi connectivity index (χ1n) is 7.86. The summed E-state index contributed by atoms with van der Waals surface area (Å²) in [7, 11) is 0. The van der Waals surface area contributed by atoms with E-state index in [4.69, 9.17) is 21.1 Å². The predicted octanol–water partition coefficient (Wildman–Crippen LogP) is 3.36. The number of pyridine rings is 1. The molecular formula is C18H21ClN2O3. The average Bonchev–Trinajstić information content (AvgIpc) is 2.59. The van der Waals surface area contributed by atoms with Crippen LogP contribution in [0.1, 0.15) is 24.6 Å². The highest BCUT2D eigenvalue weighted by atomic mass is 35.5. The molecule has 24 heavy (non-hydrogen) atoms. The summed E-state index contributed by atoms with van der Waals surface area (Å²) in [6.45, 7) is 3.91. The molecule has 0 fully saturated rings. The van der Waals surface area contributed by atoms with Crippen LogP contribution in [0.15, 0.2) is 42.6 Å². The summed E-state index contributed by atoms with van der Waals surface area (Å²) in [5.41, 5.74) is 1.94. The standard InChI is InChI=1S/C18H21ClN2O3/c1-2-23-18(22)9-10-20-11-14-3-7-17(8-4-14)24-13-16-6-5-15(19)12-21-16/h3-8,12,20H,2,9-11,13H2,1H3. The van der Waals surface area contributed by atoms with Crippen LogP contribution in [0.4, 0.5) is 0 Å². The molecule has 1 heterocycles. The molecular weight excluding hydrogens is 328 g/mol. The van der Waals surface area contributed by atoms with E-state index in [9.17, 15) is 4.79 Å². The highest BCUT2D eigenvalue weighted by molar-refractivity contribution is 6.30. The van der Waals surface area contributed by atoms with Gasteiger partial charge >= 0.3 is 5.97 Å². The quantitative estimate of drug-likeness (QED) is 0.556. The van der Waals surface area contributed by atoms with E-state index in [1.807, 2.05) is 30.3 Å². The molecule has 0 bridgehead atoms. The van der Waals surface area contributed by atoms with Gasteiger partial charge in [-0.2, -0.15) is 0 Å². The van der Waals surface area contributed by atoms with Crippen LogP contribution in [-0.4, -0.2) is 24.1 Å². The first-order valence-corrected chi connectivity index (χ1v) is 8.23. The summed E-state index contributed by atoms with van der Waals surface area (Å²) < 4.78 is 10.6. The number of nitrogens with zero attached hydrogens (tertiary/aromatic N) is 1. The Bertz CT molecular complexity index is 630. The van der Waals surface area contributed by atoms with Gasteiger partial charge in [0.05, 0.1) is 23.7 Å². The van der Waals surface area contributed by atoms with Crippen molar-refractivity contribution in [2.24, 2.45) is 0 Å². The van der Waals surface area contributed by atoms with Crippen molar-refractivity contribution in [2.45, 2.75) is 26.5 Å². The monoisotopic (exact) mass is 348 g/mol. The van der Waals surface area contributed by atoms with Gasteiger partial charge in [-0.25, -0.2) is 0 Å². The van der Waals surface area contributed by atoms with Crippen LogP contribution in [0.5, 0.6) is 5.75 Å². The Morgan fingerprint density at radius 1 is 1.21 bits per heavy atom. The molecule has 2 rings (SSSR count). The molecule has 0 atom stereocenters. The van der Waals surface area contributed by atoms with Gasteiger partial charge in [0.15, 0.2) is 0 Å². The first kappa shape index (κ1) is 18.2. The van der Waals surface area contributed by atoms with Crippen molar-refractivity contribution < 1.29 is 14.3 Å². The van der Waals surface area contributed by atoms with E-state index in [0.717, 1.165) is 17.0 Å².